The molecule has 0 aromatic rings. The second-order valence-corrected chi connectivity index (χ2v) is 3.23. The minimum absolute atomic E-state index is 0.0469. The first kappa shape index (κ1) is 9.72. The van der Waals surface area contributed by atoms with Crippen LogP contribution in [0.5, 0.6) is 0 Å². The molecule has 0 spiro atoms. The number of rotatable bonds is 1. The van der Waals surface area contributed by atoms with Gasteiger partial charge in [-0.05, 0) is 6.42 Å². The van der Waals surface area contributed by atoms with E-state index in [0.29, 0.717) is 12.3 Å². The van der Waals surface area contributed by atoms with Crippen LogP contribution in [0.15, 0.2) is 0 Å². The molecule has 13 heavy (non-hydrogen) atoms. The van der Waals surface area contributed by atoms with Gasteiger partial charge in [0.2, 0.25) is 5.91 Å². The molecule has 4 nitrogen and oxygen atoms in total. The Bertz CT molecular complexity index is 279. The highest BCUT2D eigenvalue weighted by Crippen LogP contribution is 2.21. The number of hydrogen-bond donors (Lipinski definition) is 1. The molecule has 1 amide bonds. The number of carbonyl (C=O) groups is 1. The summed E-state index contributed by atoms with van der Waals surface area (Å²) < 4.78 is 0. The van der Waals surface area contributed by atoms with Gasteiger partial charge in [-0.25, -0.2) is 0 Å². The predicted octanol–water partition coefficient (Wildman–Crippen LogP) is 0.787. The molecule has 1 saturated heterocycles. The summed E-state index contributed by atoms with van der Waals surface area (Å²) in [6.07, 6.45) is 0.719. The third-order valence-electron chi connectivity index (χ3n) is 2.44. The highest BCUT2D eigenvalue weighted by Gasteiger charge is 2.37. The molecule has 1 N–H and O–H groups in total. The van der Waals surface area contributed by atoms with Gasteiger partial charge in [-0.3, -0.25) is 4.79 Å². The largest absolute Gasteiger partial charge is 0.333 e. The molecule has 1 aliphatic heterocycles. The van der Waals surface area contributed by atoms with E-state index >= 15 is 0 Å². The van der Waals surface area contributed by atoms with Crippen LogP contribution < -0.4 is 0 Å². The monoisotopic (exact) mass is 179 g/mol. The van der Waals surface area contributed by atoms with Crippen molar-refractivity contribution < 1.29 is 4.79 Å². The maximum absolute atomic E-state index is 11.1. The first-order chi connectivity index (χ1) is 6.11. The maximum atomic E-state index is 11.1. The average molecular weight is 179 g/mol. The molecule has 70 valence electrons. The van der Waals surface area contributed by atoms with E-state index in [1.165, 1.54) is 6.92 Å². The van der Waals surface area contributed by atoms with E-state index in [1.54, 1.807) is 4.90 Å². The van der Waals surface area contributed by atoms with Gasteiger partial charge in [0.05, 0.1) is 17.8 Å². The van der Waals surface area contributed by atoms with Crippen molar-refractivity contribution in [2.75, 3.05) is 6.54 Å². The van der Waals surface area contributed by atoms with E-state index in [-0.39, 0.29) is 11.9 Å². The number of hydrogen-bond acceptors (Lipinski definition) is 3. The molecule has 2 atom stereocenters. The van der Waals surface area contributed by atoms with Crippen LogP contribution in [0.1, 0.15) is 20.3 Å². The number of amides is 1. The molecule has 0 aromatic heterocycles. The summed E-state index contributed by atoms with van der Waals surface area (Å²) in [4.78, 5) is 12.7. The highest BCUT2D eigenvalue weighted by atomic mass is 16.2. The molecule has 1 rings (SSSR count). The fourth-order valence-corrected chi connectivity index (χ4v) is 1.72. The van der Waals surface area contributed by atoms with Crippen molar-refractivity contribution in [2.45, 2.75) is 26.3 Å². The minimum Gasteiger partial charge on any atom is -0.333 e. The molecule has 0 saturated carbocycles. The van der Waals surface area contributed by atoms with E-state index in [4.69, 9.17) is 10.7 Å². The van der Waals surface area contributed by atoms with Crippen molar-refractivity contribution in [1.82, 2.24) is 4.90 Å². The number of nitriles is 1. The van der Waals surface area contributed by atoms with Gasteiger partial charge in [0, 0.05) is 13.5 Å². The molecule has 1 fully saturated rings. The molecule has 0 bridgehead atoms. The van der Waals surface area contributed by atoms with Gasteiger partial charge in [-0.15, -0.1) is 0 Å². The fraction of sp³-hybridized carbons (Fsp3) is 0.667. The zero-order valence-corrected chi connectivity index (χ0v) is 7.87. The Kier molecular flexibility index (Phi) is 2.66. The number of nitrogens with zero attached hydrogens (tertiary/aromatic N) is 2. The first-order valence-corrected chi connectivity index (χ1v) is 4.37. The molecule has 4 heteroatoms. The van der Waals surface area contributed by atoms with Gasteiger partial charge in [0.15, 0.2) is 0 Å². The zero-order valence-electron chi connectivity index (χ0n) is 7.87. The lowest BCUT2D eigenvalue weighted by molar-refractivity contribution is -0.129. The van der Waals surface area contributed by atoms with Gasteiger partial charge in [-0.1, -0.05) is 6.92 Å². The summed E-state index contributed by atoms with van der Waals surface area (Å²) in [6.45, 7) is 3.80. The van der Waals surface area contributed by atoms with Gasteiger partial charge < -0.3 is 10.3 Å². The van der Waals surface area contributed by atoms with E-state index in [1.807, 2.05) is 13.0 Å². The topological polar surface area (TPSA) is 68.0 Å². The van der Waals surface area contributed by atoms with Gasteiger partial charge >= 0.3 is 0 Å². The van der Waals surface area contributed by atoms with E-state index < -0.39 is 5.92 Å². The second kappa shape index (κ2) is 3.56. The Hall–Kier alpha value is -1.37. The maximum Gasteiger partial charge on any atom is 0.220 e. The fourth-order valence-electron chi connectivity index (χ4n) is 1.72. The third kappa shape index (κ3) is 1.55. The second-order valence-electron chi connectivity index (χ2n) is 3.23. The van der Waals surface area contributed by atoms with Crippen molar-refractivity contribution in [1.29, 1.82) is 10.7 Å². The lowest BCUT2D eigenvalue weighted by Gasteiger charge is -2.20. The lowest BCUT2D eigenvalue weighted by atomic mass is 10.0. The molecular weight excluding hydrogens is 166 g/mol. The molecule has 0 radical (unpaired) electrons. The number of nitrogens with one attached hydrogen (secondary N) is 1. The van der Waals surface area contributed by atoms with Crippen LogP contribution >= 0.6 is 0 Å². The van der Waals surface area contributed by atoms with Crippen molar-refractivity contribution >= 4 is 11.6 Å². The molecule has 1 aliphatic rings. The summed E-state index contributed by atoms with van der Waals surface area (Å²) in [5.74, 6) is -0.441. The Morgan fingerprint density at radius 1 is 1.85 bits per heavy atom. The molecular formula is C9H13N3O. The summed E-state index contributed by atoms with van der Waals surface area (Å²) in [5.41, 5.74) is 0.389. The standard InChI is InChI=1S/C9H13N3O/c1-3-8-9(11)7(4-10)5-12(8)6(2)13/h7-8,11H,3,5H2,1-2H3/t7?,8-/m1/s1. The SMILES string of the molecule is CC[C@@H]1C(=N)C(C#N)CN1C(C)=O. The molecule has 1 unspecified atom stereocenters. The quantitative estimate of drug-likeness (QED) is 0.646. The highest BCUT2D eigenvalue weighted by molar-refractivity contribution is 5.96. The van der Waals surface area contributed by atoms with Crippen LogP contribution in [0.3, 0.4) is 0 Å². The van der Waals surface area contributed by atoms with Crippen molar-refractivity contribution in [2.24, 2.45) is 5.92 Å². The van der Waals surface area contributed by atoms with Crippen molar-refractivity contribution in [3.8, 4) is 6.07 Å². The van der Waals surface area contributed by atoms with Crippen LogP contribution in [0, 0.1) is 22.7 Å². The molecule has 0 aliphatic carbocycles. The summed E-state index contributed by atoms with van der Waals surface area (Å²) in [7, 11) is 0. The zero-order chi connectivity index (χ0) is 10.0. The average Bonchev–Trinajstić information content (AvgIpc) is 2.42. The van der Waals surface area contributed by atoms with Crippen molar-refractivity contribution in [3.63, 3.8) is 0 Å². The minimum atomic E-state index is -0.395. The van der Waals surface area contributed by atoms with E-state index in [9.17, 15) is 4.79 Å². The lowest BCUT2D eigenvalue weighted by Crippen LogP contribution is -2.35. The van der Waals surface area contributed by atoms with Crippen LogP contribution in [0.25, 0.3) is 0 Å². The predicted molar refractivity (Wildman–Crippen MR) is 48.3 cm³/mol. The normalized spacial score (nSPS) is 27.5. The Morgan fingerprint density at radius 3 is 2.77 bits per heavy atom. The number of likely N-dealkylation sites (tertiary alicyclic amines) is 1. The smallest absolute Gasteiger partial charge is 0.220 e. The van der Waals surface area contributed by atoms with Gasteiger partial charge in [0.1, 0.15) is 5.92 Å². The Balaban J connectivity index is 2.86. The van der Waals surface area contributed by atoms with Crippen LogP contribution in [-0.4, -0.2) is 29.1 Å². The van der Waals surface area contributed by atoms with E-state index in [0.717, 1.165) is 6.42 Å². The van der Waals surface area contributed by atoms with Crippen LogP contribution in [0.4, 0.5) is 0 Å². The molecule has 0 aromatic carbocycles. The summed E-state index contributed by atoms with van der Waals surface area (Å²) in [5, 5.41) is 16.4. The summed E-state index contributed by atoms with van der Waals surface area (Å²) in [6, 6.07) is 1.89. The van der Waals surface area contributed by atoms with Crippen LogP contribution in [0.2, 0.25) is 0 Å². The Labute approximate surface area is 77.7 Å². The first-order valence-electron chi connectivity index (χ1n) is 4.37. The van der Waals surface area contributed by atoms with Gasteiger partial charge in [0.25, 0.3) is 0 Å². The number of carbonyl (C=O) groups excluding carboxylic acids is 1. The molecule has 1 heterocycles. The van der Waals surface area contributed by atoms with Crippen molar-refractivity contribution in [3.05, 3.63) is 0 Å². The third-order valence-corrected chi connectivity index (χ3v) is 2.44. The van der Waals surface area contributed by atoms with E-state index in [2.05, 4.69) is 0 Å². The Morgan fingerprint density at radius 2 is 2.46 bits per heavy atom. The van der Waals surface area contributed by atoms with Gasteiger partial charge in [-0.2, -0.15) is 5.26 Å². The summed E-state index contributed by atoms with van der Waals surface area (Å²) >= 11 is 0. The van der Waals surface area contributed by atoms with Crippen LogP contribution in [-0.2, 0) is 4.79 Å².